The summed E-state index contributed by atoms with van der Waals surface area (Å²) in [4.78, 5) is 75.5. The number of hydrogen-bond acceptors (Lipinski definition) is 13. The lowest BCUT2D eigenvalue weighted by Gasteiger charge is -2.35. The molecule has 3 heterocycles. The van der Waals surface area contributed by atoms with E-state index in [1.807, 2.05) is 64.4 Å². The molecule has 1 aliphatic rings. The number of phenolic OH excluding ortho intramolecular Hbond substituents is 2. The molecule has 1 aliphatic heterocycles. The van der Waals surface area contributed by atoms with Crippen LogP contribution in [0.3, 0.4) is 0 Å². The number of unbranched alkanes of at least 4 members (excludes halogenated alkanes) is 2. The van der Waals surface area contributed by atoms with E-state index in [2.05, 4.69) is 26.1 Å². The van der Waals surface area contributed by atoms with Crippen molar-refractivity contribution in [3.8, 4) is 38.1 Å². The molecule has 75 heavy (non-hydrogen) atoms. The van der Waals surface area contributed by atoms with Gasteiger partial charge in [-0.2, -0.15) is 5.10 Å². The van der Waals surface area contributed by atoms with E-state index in [1.165, 1.54) is 28.5 Å². The second kappa shape index (κ2) is 23.6. The highest BCUT2D eigenvalue weighted by molar-refractivity contribution is 7.22. The number of carbonyl (C=O) groups excluding carboxylic acids is 5. The quantitative estimate of drug-likeness (QED) is 0.0195. The first-order valence-corrected chi connectivity index (χ1v) is 26.5. The van der Waals surface area contributed by atoms with Crippen molar-refractivity contribution in [2.24, 2.45) is 10.5 Å². The lowest BCUT2D eigenvalue weighted by Crippen LogP contribution is -2.57. The minimum absolute atomic E-state index is 0.00911. The van der Waals surface area contributed by atoms with Gasteiger partial charge in [0.1, 0.15) is 29.3 Å². The maximum atomic E-state index is 14.1. The summed E-state index contributed by atoms with van der Waals surface area (Å²) in [6, 6.07) is 30.7. The first-order chi connectivity index (χ1) is 35.9. The highest BCUT2D eigenvalue weighted by atomic mass is 32.1. The molecule has 388 valence electrons. The van der Waals surface area contributed by atoms with Crippen molar-refractivity contribution in [2.45, 2.75) is 91.0 Å². The summed E-state index contributed by atoms with van der Waals surface area (Å²) in [6.07, 6.45) is 2.89. The summed E-state index contributed by atoms with van der Waals surface area (Å²) < 4.78 is 6.66. The molecule has 1 fully saturated rings. The van der Waals surface area contributed by atoms with Gasteiger partial charge in [-0.05, 0) is 140 Å². The number of rotatable bonds is 19. The number of β-amino-alcohol motifs (C(OH)–C–C–N with tert-alkyl or cyclic N) is 1. The zero-order valence-electron chi connectivity index (χ0n) is 42.3. The van der Waals surface area contributed by atoms with Gasteiger partial charge in [-0.25, -0.2) is 10.4 Å². The van der Waals surface area contributed by atoms with Gasteiger partial charge in [0.05, 0.1) is 41.0 Å². The second-order valence-corrected chi connectivity index (χ2v) is 21.7. The Bertz CT molecular complexity index is 3200. The average Bonchev–Trinajstić information content (AvgIpc) is 4.13. The van der Waals surface area contributed by atoms with Crippen molar-refractivity contribution < 1.29 is 44.0 Å². The number of phenols is 2. The Morgan fingerprint density at radius 2 is 1.49 bits per heavy atom. The van der Waals surface area contributed by atoms with E-state index < -0.39 is 35.4 Å². The number of benzene rings is 5. The Hall–Kier alpha value is -7.73. The second-order valence-electron chi connectivity index (χ2n) is 19.7. The number of fused-ring (bicyclic) bond motifs is 1. The fourth-order valence-electron chi connectivity index (χ4n) is 8.93. The van der Waals surface area contributed by atoms with Gasteiger partial charge >= 0.3 is 0 Å². The number of nitrogens with one attached hydrogen (secondary N) is 3. The number of aryl methyl sites for hydroxylation is 1. The summed E-state index contributed by atoms with van der Waals surface area (Å²) in [5, 5.41) is 41.3. The summed E-state index contributed by atoms with van der Waals surface area (Å²) >= 11 is 2.94. The van der Waals surface area contributed by atoms with Crippen LogP contribution in [-0.4, -0.2) is 92.2 Å². The highest BCUT2D eigenvalue weighted by Gasteiger charge is 2.44. The van der Waals surface area contributed by atoms with E-state index in [9.17, 15) is 39.3 Å². The van der Waals surface area contributed by atoms with Crippen molar-refractivity contribution in [1.82, 2.24) is 25.9 Å². The third kappa shape index (κ3) is 13.2. The maximum absolute atomic E-state index is 14.1. The first-order valence-electron chi connectivity index (χ1n) is 24.8. The largest absolute Gasteiger partial charge is 0.508 e. The lowest BCUT2D eigenvalue weighted by atomic mass is 9.85. The zero-order chi connectivity index (χ0) is 53.4. The van der Waals surface area contributed by atoms with E-state index in [4.69, 9.17) is 4.74 Å². The maximum Gasteiger partial charge on any atom is 0.271 e. The van der Waals surface area contributed by atoms with Crippen LogP contribution in [0.15, 0.2) is 126 Å². The molecule has 17 heteroatoms. The molecule has 5 aromatic carbocycles. The highest BCUT2D eigenvalue weighted by Crippen LogP contribution is 2.42. The molecule has 6 N–H and O–H groups in total. The molecule has 4 atom stereocenters. The molecular formula is C58H60N6O9S2. The van der Waals surface area contributed by atoms with Gasteiger partial charge < -0.3 is 35.6 Å². The fraction of sp³-hybridized carbons (Fsp3) is 0.293. The summed E-state index contributed by atoms with van der Waals surface area (Å²) in [6.45, 7) is 9.84. The van der Waals surface area contributed by atoms with E-state index in [0.717, 1.165) is 37.5 Å². The molecule has 4 amide bonds. The number of hydrogen-bond donors (Lipinski definition) is 6. The first kappa shape index (κ1) is 53.6. The summed E-state index contributed by atoms with van der Waals surface area (Å²) in [5.74, 6) is -0.928. The van der Waals surface area contributed by atoms with Crippen LogP contribution in [0.1, 0.15) is 109 Å². The number of aromatic nitrogens is 1. The zero-order valence-corrected chi connectivity index (χ0v) is 44.0. The minimum Gasteiger partial charge on any atom is -0.508 e. The molecule has 2 aromatic heterocycles. The van der Waals surface area contributed by atoms with Gasteiger partial charge in [-0.15, -0.1) is 22.7 Å². The number of ketones is 1. The molecule has 0 aliphatic carbocycles. The molecule has 7 aromatic rings. The van der Waals surface area contributed by atoms with Gasteiger partial charge in [0.2, 0.25) is 17.7 Å². The number of aliphatic hydroxyl groups is 1. The van der Waals surface area contributed by atoms with Crippen molar-refractivity contribution in [2.75, 3.05) is 13.2 Å². The van der Waals surface area contributed by atoms with Gasteiger partial charge in [-0.3, -0.25) is 24.0 Å². The van der Waals surface area contributed by atoms with Crippen LogP contribution in [0.5, 0.6) is 17.2 Å². The smallest absolute Gasteiger partial charge is 0.271 e. The predicted octanol–water partition coefficient (Wildman–Crippen LogP) is 9.72. The number of aromatic hydroxyl groups is 2. The van der Waals surface area contributed by atoms with Crippen LogP contribution in [0.2, 0.25) is 0 Å². The topological polar surface area (TPSA) is 220 Å². The lowest BCUT2D eigenvalue weighted by molar-refractivity contribution is -0.144. The number of nitrogens with zero attached hydrogens (tertiary/aromatic N) is 3. The Morgan fingerprint density at radius 3 is 2.17 bits per heavy atom. The number of thiazole rings is 1. The molecular weight excluding hydrogens is 989 g/mol. The number of carbonyl (C=O) groups is 5. The standard InChI is InChI=1S/C58H60N6O9S2/c1-34(37-12-16-39(17-13-37)52-35(2)59-33-74-52)61-56(71)47-29-44(67)32-64(47)57(72)54(58(3,4)5)62-49(68)9-7-6-8-28-73-45-25-10-36(11-26-45)31-60-63-55(70)41-18-14-38(15-19-41)51(69)50-46-27-24-43(66)30-48(46)75-53(50)40-20-22-42(65)23-21-40/h10-27,30-31,33-34,44,47,54,65-67H,6-9,28-29,32H2,1-5H3,(H,61,71)(H,62,68)(H,63,70). The van der Waals surface area contributed by atoms with E-state index >= 15 is 0 Å². The SMILES string of the molecule is Cc1ncsc1-c1ccc(C(C)NC(=O)C2CC(O)CN2C(=O)C(NC(=O)CCCCCOc2ccc(C=NNC(=O)c3ccc(C(=O)c4c(-c5ccc(O)cc5)sc5cc(O)ccc45)cc3)cc2)C(C)(C)C)cc1. The summed E-state index contributed by atoms with van der Waals surface area (Å²) in [5.41, 5.74) is 9.17. The van der Waals surface area contributed by atoms with Gasteiger partial charge in [0.15, 0.2) is 5.78 Å². The summed E-state index contributed by atoms with van der Waals surface area (Å²) in [7, 11) is 0. The molecule has 0 saturated carbocycles. The van der Waals surface area contributed by atoms with Crippen molar-refractivity contribution in [1.29, 1.82) is 0 Å². The van der Waals surface area contributed by atoms with Crippen molar-refractivity contribution in [3.63, 3.8) is 0 Å². The Labute approximate surface area is 443 Å². The number of likely N-dealkylation sites (tertiary alicyclic amines) is 1. The molecule has 4 unspecified atom stereocenters. The number of aliphatic hydroxyl groups excluding tert-OH is 1. The molecule has 0 radical (unpaired) electrons. The van der Waals surface area contributed by atoms with Crippen LogP contribution in [0.25, 0.3) is 31.0 Å². The van der Waals surface area contributed by atoms with Crippen LogP contribution in [0, 0.1) is 12.3 Å². The van der Waals surface area contributed by atoms with E-state index in [-0.39, 0.29) is 54.5 Å². The van der Waals surface area contributed by atoms with Crippen molar-refractivity contribution >= 4 is 68.4 Å². The van der Waals surface area contributed by atoms with Crippen LogP contribution >= 0.6 is 22.7 Å². The average molecular weight is 1050 g/mol. The number of hydrazone groups is 1. The van der Waals surface area contributed by atoms with Gasteiger partial charge in [-0.1, -0.05) is 57.2 Å². The normalized spacial score (nSPS) is 15.4. The molecule has 0 spiro atoms. The van der Waals surface area contributed by atoms with Crippen molar-refractivity contribution in [3.05, 3.63) is 154 Å². The number of amides is 4. The van der Waals surface area contributed by atoms with E-state index in [1.54, 1.807) is 96.3 Å². The molecule has 8 rings (SSSR count). The minimum atomic E-state index is -0.916. The van der Waals surface area contributed by atoms with Gasteiger partial charge in [0, 0.05) is 51.0 Å². The molecule has 0 bridgehead atoms. The van der Waals surface area contributed by atoms with Crippen LogP contribution in [-0.2, 0) is 14.4 Å². The fourth-order valence-corrected chi connectivity index (χ4v) is 11.0. The number of ether oxygens (including phenoxy) is 1. The Kier molecular flexibility index (Phi) is 16.9. The number of thiophene rings is 1. The predicted molar refractivity (Wildman–Crippen MR) is 292 cm³/mol. The Balaban J connectivity index is 0.756. The third-order valence-corrected chi connectivity index (χ3v) is 15.3. The van der Waals surface area contributed by atoms with E-state index in [0.29, 0.717) is 58.6 Å². The van der Waals surface area contributed by atoms with Crippen LogP contribution in [0.4, 0.5) is 0 Å². The molecule has 15 nitrogen and oxygen atoms in total. The van der Waals surface area contributed by atoms with Crippen LogP contribution < -0.4 is 20.8 Å². The molecule has 1 saturated heterocycles. The van der Waals surface area contributed by atoms with Gasteiger partial charge in [0.25, 0.3) is 5.91 Å². The third-order valence-electron chi connectivity index (χ3n) is 13.1. The Morgan fingerprint density at radius 1 is 0.827 bits per heavy atom. The monoisotopic (exact) mass is 1050 g/mol.